The lowest BCUT2D eigenvalue weighted by atomic mass is 10.0. The Morgan fingerprint density at radius 2 is 2.21 bits per heavy atom. The number of rotatable bonds is 3. The highest BCUT2D eigenvalue weighted by atomic mass is 79.9. The van der Waals surface area contributed by atoms with Crippen LogP contribution in [-0.2, 0) is 6.42 Å². The van der Waals surface area contributed by atoms with Crippen LogP contribution in [0.1, 0.15) is 24.2 Å². The largest absolute Gasteiger partial charge is 0.387 e. The molecule has 0 saturated heterocycles. The fraction of sp³-hybridized carbons (Fsp3) is 0.400. The van der Waals surface area contributed by atoms with E-state index < -0.39 is 6.10 Å². The van der Waals surface area contributed by atoms with Crippen molar-refractivity contribution >= 4 is 15.9 Å². The number of hydrogen-bond acceptors (Lipinski definition) is 2. The van der Waals surface area contributed by atoms with E-state index in [1.165, 1.54) is 0 Å². The normalized spacial score (nSPS) is 12.9. The summed E-state index contributed by atoms with van der Waals surface area (Å²) in [5.41, 5.74) is 6.56. The molecule has 4 heteroatoms. The van der Waals surface area contributed by atoms with Crippen LogP contribution in [0.3, 0.4) is 0 Å². The molecule has 0 fully saturated rings. The number of nitrogens with two attached hydrogens (primary N) is 1. The number of aliphatic hydroxyl groups is 1. The van der Waals surface area contributed by atoms with Crippen LogP contribution in [0.25, 0.3) is 0 Å². The minimum absolute atomic E-state index is 0.140. The number of benzene rings is 1. The molecule has 14 heavy (non-hydrogen) atoms. The summed E-state index contributed by atoms with van der Waals surface area (Å²) in [5.74, 6) is -0.263. The molecule has 0 aromatic heterocycles. The Labute approximate surface area is 91.1 Å². The Balaban J connectivity index is 3.16. The molecular weight excluding hydrogens is 249 g/mol. The fourth-order valence-corrected chi connectivity index (χ4v) is 1.77. The molecule has 1 rings (SSSR count). The molecule has 0 heterocycles. The summed E-state index contributed by atoms with van der Waals surface area (Å²) in [4.78, 5) is 0. The van der Waals surface area contributed by atoms with Crippen molar-refractivity contribution in [3.8, 4) is 0 Å². The molecule has 1 unspecified atom stereocenters. The van der Waals surface area contributed by atoms with Gasteiger partial charge in [-0.15, -0.1) is 0 Å². The molecule has 0 amide bonds. The number of halogens is 2. The molecule has 0 radical (unpaired) electrons. The van der Waals surface area contributed by atoms with Crippen LogP contribution in [0.5, 0.6) is 0 Å². The van der Waals surface area contributed by atoms with Gasteiger partial charge in [0.2, 0.25) is 0 Å². The number of aliphatic hydroxyl groups excluding tert-OH is 1. The SMILES string of the molecule is CCc1cc(C(O)CN)cc(Br)c1F. The van der Waals surface area contributed by atoms with Crippen LogP contribution in [0.4, 0.5) is 4.39 Å². The highest BCUT2D eigenvalue weighted by Crippen LogP contribution is 2.25. The molecule has 78 valence electrons. The topological polar surface area (TPSA) is 46.2 Å². The zero-order chi connectivity index (χ0) is 10.7. The first-order valence-electron chi connectivity index (χ1n) is 4.46. The summed E-state index contributed by atoms with van der Waals surface area (Å²) < 4.78 is 13.8. The van der Waals surface area contributed by atoms with Gasteiger partial charge < -0.3 is 10.8 Å². The first kappa shape index (κ1) is 11.6. The van der Waals surface area contributed by atoms with Crippen molar-refractivity contribution in [3.05, 3.63) is 33.5 Å². The summed E-state index contributed by atoms with van der Waals surface area (Å²) in [6, 6.07) is 3.21. The first-order chi connectivity index (χ1) is 6.60. The van der Waals surface area contributed by atoms with Gasteiger partial charge in [-0.2, -0.15) is 0 Å². The van der Waals surface area contributed by atoms with Gasteiger partial charge in [-0.1, -0.05) is 13.0 Å². The van der Waals surface area contributed by atoms with E-state index in [0.717, 1.165) is 0 Å². The summed E-state index contributed by atoms with van der Waals surface area (Å²) in [6.07, 6.45) is -0.132. The third-order valence-electron chi connectivity index (χ3n) is 2.11. The Bertz CT molecular complexity index is 330. The fourth-order valence-electron chi connectivity index (χ4n) is 1.26. The highest BCUT2D eigenvalue weighted by molar-refractivity contribution is 9.10. The van der Waals surface area contributed by atoms with Crippen molar-refractivity contribution in [1.29, 1.82) is 0 Å². The van der Waals surface area contributed by atoms with Crippen molar-refractivity contribution in [3.63, 3.8) is 0 Å². The van der Waals surface area contributed by atoms with Gasteiger partial charge >= 0.3 is 0 Å². The second-order valence-electron chi connectivity index (χ2n) is 3.08. The second-order valence-corrected chi connectivity index (χ2v) is 3.94. The smallest absolute Gasteiger partial charge is 0.140 e. The lowest BCUT2D eigenvalue weighted by molar-refractivity contribution is 0.186. The first-order valence-corrected chi connectivity index (χ1v) is 5.25. The van der Waals surface area contributed by atoms with E-state index in [1.54, 1.807) is 12.1 Å². The zero-order valence-electron chi connectivity index (χ0n) is 7.93. The number of hydrogen-bond donors (Lipinski definition) is 2. The number of aryl methyl sites for hydroxylation is 1. The second kappa shape index (κ2) is 4.87. The van der Waals surface area contributed by atoms with E-state index in [1.807, 2.05) is 6.92 Å². The third kappa shape index (κ3) is 2.32. The minimum atomic E-state index is -0.725. The molecule has 0 aliphatic carbocycles. The standard InChI is InChI=1S/C10H13BrFNO/c1-2-6-3-7(9(14)5-13)4-8(11)10(6)12/h3-4,9,14H,2,5,13H2,1H3. The van der Waals surface area contributed by atoms with Gasteiger partial charge in [0.15, 0.2) is 0 Å². The quantitative estimate of drug-likeness (QED) is 0.876. The van der Waals surface area contributed by atoms with E-state index in [0.29, 0.717) is 22.0 Å². The molecule has 0 aliphatic heterocycles. The highest BCUT2D eigenvalue weighted by Gasteiger charge is 2.11. The van der Waals surface area contributed by atoms with E-state index in [-0.39, 0.29) is 12.4 Å². The van der Waals surface area contributed by atoms with Crippen LogP contribution in [-0.4, -0.2) is 11.7 Å². The van der Waals surface area contributed by atoms with Crippen LogP contribution in [0.15, 0.2) is 16.6 Å². The molecule has 1 atom stereocenters. The summed E-state index contributed by atoms with van der Waals surface area (Å²) in [5, 5.41) is 9.50. The van der Waals surface area contributed by atoms with Crippen molar-refractivity contribution in [1.82, 2.24) is 0 Å². The molecule has 2 nitrogen and oxygen atoms in total. The lowest BCUT2D eigenvalue weighted by Crippen LogP contribution is -2.12. The van der Waals surface area contributed by atoms with Gasteiger partial charge in [0.05, 0.1) is 10.6 Å². The predicted octanol–water partition coefficient (Wildman–Crippen LogP) is 2.14. The summed E-state index contributed by atoms with van der Waals surface area (Å²) >= 11 is 3.11. The Morgan fingerprint density at radius 1 is 1.57 bits per heavy atom. The van der Waals surface area contributed by atoms with E-state index >= 15 is 0 Å². The molecule has 0 aliphatic rings. The lowest BCUT2D eigenvalue weighted by Gasteiger charge is -2.11. The average molecular weight is 262 g/mol. The van der Waals surface area contributed by atoms with Gasteiger partial charge in [-0.25, -0.2) is 4.39 Å². The van der Waals surface area contributed by atoms with Crippen molar-refractivity contribution < 1.29 is 9.50 Å². The monoisotopic (exact) mass is 261 g/mol. The molecular formula is C10H13BrFNO. The molecule has 1 aromatic rings. The predicted molar refractivity (Wildman–Crippen MR) is 57.5 cm³/mol. The van der Waals surface area contributed by atoms with E-state index in [4.69, 9.17) is 5.73 Å². The third-order valence-corrected chi connectivity index (χ3v) is 2.69. The maximum atomic E-state index is 13.4. The zero-order valence-corrected chi connectivity index (χ0v) is 9.51. The van der Waals surface area contributed by atoms with Crippen LogP contribution in [0, 0.1) is 5.82 Å². The van der Waals surface area contributed by atoms with E-state index in [9.17, 15) is 9.50 Å². The Morgan fingerprint density at radius 3 is 2.71 bits per heavy atom. The van der Waals surface area contributed by atoms with Crippen LogP contribution in [0.2, 0.25) is 0 Å². The molecule has 3 N–H and O–H groups in total. The molecule has 0 bridgehead atoms. The van der Waals surface area contributed by atoms with Gasteiger partial charge in [0.1, 0.15) is 5.82 Å². The molecule has 1 aromatic carbocycles. The Kier molecular flexibility index (Phi) is 4.04. The van der Waals surface area contributed by atoms with Crippen LogP contribution >= 0.6 is 15.9 Å². The molecule has 0 spiro atoms. The summed E-state index contributed by atoms with van der Waals surface area (Å²) in [6.45, 7) is 2.00. The van der Waals surface area contributed by atoms with Gasteiger partial charge in [0, 0.05) is 6.54 Å². The maximum Gasteiger partial charge on any atom is 0.140 e. The average Bonchev–Trinajstić information content (AvgIpc) is 2.20. The van der Waals surface area contributed by atoms with Crippen molar-refractivity contribution in [2.24, 2.45) is 5.73 Å². The molecule has 0 saturated carbocycles. The Hall–Kier alpha value is -0.450. The minimum Gasteiger partial charge on any atom is -0.387 e. The summed E-state index contributed by atoms with van der Waals surface area (Å²) in [7, 11) is 0. The van der Waals surface area contributed by atoms with Gasteiger partial charge in [-0.3, -0.25) is 0 Å². The van der Waals surface area contributed by atoms with Crippen molar-refractivity contribution in [2.45, 2.75) is 19.4 Å². The van der Waals surface area contributed by atoms with Gasteiger partial charge in [0.25, 0.3) is 0 Å². The van der Waals surface area contributed by atoms with E-state index in [2.05, 4.69) is 15.9 Å². The van der Waals surface area contributed by atoms with Crippen LogP contribution < -0.4 is 5.73 Å². The van der Waals surface area contributed by atoms with Crippen molar-refractivity contribution in [2.75, 3.05) is 6.54 Å². The van der Waals surface area contributed by atoms with Gasteiger partial charge in [-0.05, 0) is 39.5 Å². The maximum absolute atomic E-state index is 13.4.